The average Bonchev–Trinajstić information content (AvgIpc) is 2.69. The summed E-state index contributed by atoms with van der Waals surface area (Å²) in [6, 6.07) is 19.4. The van der Waals surface area contributed by atoms with Crippen molar-refractivity contribution >= 4 is 17.5 Å². The number of halogens is 2. The SMILES string of the molecule is Nc1cc(C(CNC(=O)C(F)(F)c2ccccc2)c2ccccc2)cc(N)n1. The summed E-state index contributed by atoms with van der Waals surface area (Å²) in [4.78, 5) is 16.2. The van der Waals surface area contributed by atoms with Gasteiger partial charge in [0, 0.05) is 18.0 Å². The lowest BCUT2D eigenvalue weighted by atomic mass is 9.91. The number of nitrogen functional groups attached to an aromatic ring is 2. The second-order valence-electron chi connectivity index (χ2n) is 6.36. The van der Waals surface area contributed by atoms with Crippen LogP contribution in [-0.4, -0.2) is 17.4 Å². The van der Waals surface area contributed by atoms with Crippen LogP contribution < -0.4 is 16.8 Å². The van der Waals surface area contributed by atoms with E-state index in [0.29, 0.717) is 5.56 Å². The summed E-state index contributed by atoms with van der Waals surface area (Å²) >= 11 is 0. The Morgan fingerprint density at radius 1 is 0.929 bits per heavy atom. The van der Waals surface area contributed by atoms with Crippen LogP contribution in [0.2, 0.25) is 0 Å². The Labute approximate surface area is 161 Å². The summed E-state index contributed by atoms with van der Waals surface area (Å²) in [6.45, 7) is -0.0475. The van der Waals surface area contributed by atoms with Crippen LogP contribution in [0.4, 0.5) is 20.4 Å². The number of pyridine rings is 1. The fourth-order valence-electron chi connectivity index (χ4n) is 3.00. The number of aromatic nitrogens is 1. The molecule has 5 N–H and O–H groups in total. The maximum Gasteiger partial charge on any atom is 0.349 e. The monoisotopic (exact) mass is 382 g/mol. The molecule has 0 aliphatic carbocycles. The highest BCUT2D eigenvalue weighted by Crippen LogP contribution is 2.30. The first-order valence-electron chi connectivity index (χ1n) is 8.67. The first-order valence-corrected chi connectivity index (χ1v) is 8.67. The van der Waals surface area contributed by atoms with Gasteiger partial charge in [0.2, 0.25) is 0 Å². The van der Waals surface area contributed by atoms with Gasteiger partial charge in [-0.25, -0.2) is 4.98 Å². The van der Waals surface area contributed by atoms with Gasteiger partial charge in [-0.15, -0.1) is 0 Å². The largest absolute Gasteiger partial charge is 0.384 e. The van der Waals surface area contributed by atoms with Crippen LogP contribution >= 0.6 is 0 Å². The van der Waals surface area contributed by atoms with Crippen LogP contribution in [0.1, 0.15) is 22.6 Å². The standard InChI is InChI=1S/C21H20F2N4O/c22-21(23,16-9-5-2-6-10-16)20(28)26-13-17(14-7-3-1-4-8-14)15-11-18(24)27-19(25)12-15/h1-12,17H,13H2,(H,26,28)(H4,24,25,27). The van der Waals surface area contributed by atoms with Gasteiger partial charge in [0.15, 0.2) is 0 Å². The molecule has 1 unspecified atom stereocenters. The number of amides is 1. The number of carbonyl (C=O) groups is 1. The van der Waals surface area contributed by atoms with E-state index in [2.05, 4.69) is 10.3 Å². The Kier molecular flexibility index (Phi) is 5.54. The molecular formula is C21H20F2N4O. The van der Waals surface area contributed by atoms with E-state index in [1.54, 1.807) is 18.2 Å². The molecule has 0 radical (unpaired) electrons. The highest BCUT2D eigenvalue weighted by Gasteiger charge is 2.40. The lowest BCUT2D eigenvalue weighted by Crippen LogP contribution is -2.40. The van der Waals surface area contributed by atoms with Gasteiger partial charge in [-0.2, -0.15) is 8.78 Å². The number of anilines is 2. The van der Waals surface area contributed by atoms with Crippen LogP contribution in [0, 0.1) is 0 Å². The van der Waals surface area contributed by atoms with Crippen LogP contribution in [0.15, 0.2) is 72.8 Å². The van der Waals surface area contributed by atoms with Crippen molar-refractivity contribution in [3.8, 4) is 0 Å². The maximum absolute atomic E-state index is 14.5. The predicted molar refractivity (Wildman–Crippen MR) is 105 cm³/mol. The molecule has 28 heavy (non-hydrogen) atoms. The van der Waals surface area contributed by atoms with E-state index in [-0.39, 0.29) is 23.7 Å². The first kappa shape index (κ1) is 19.3. The van der Waals surface area contributed by atoms with E-state index in [1.165, 1.54) is 24.3 Å². The van der Waals surface area contributed by atoms with Gasteiger partial charge in [-0.1, -0.05) is 60.7 Å². The second kappa shape index (κ2) is 8.04. The van der Waals surface area contributed by atoms with Gasteiger partial charge in [0.05, 0.1) is 0 Å². The molecule has 3 aromatic rings. The number of hydrogen-bond donors (Lipinski definition) is 3. The fraction of sp³-hybridized carbons (Fsp3) is 0.143. The Balaban J connectivity index is 1.85. The van der Waals surface area contributed by atoms with E-state index >= 15 is 0 Å². The van der Waals surface area contributed by atoms with Gasteiger partial charge in [-0.05, 0) is 23.3 Å². The topological polar surface area (TPSA) is 94.0 Å². The zero-order valence-electron chi connectivity index (χ0n) is 15.0. The minimum atomic E-state index is -3.64. The molecule has 0 fully saturated rings. The minimum Gasteiger partial charge on any atom is -0.384 e. The van der Waals surface area contributed by atoms with Crippen molar-refractivity contribution in [2.75, 3.05) is 18.0 Å². The highest BCUT2D eigenvalue weighted by atomic mass is 19.3. The summed E-state index contributed by atoms with van der Waals surface area (Å²) < 4.78 is 28.9. The number of nitrogens with zero attached hydrogens (tertiary/aromatic N) is 1. The van der Waals surface area contributed by atoms with Crippen molar-refractivity contribution in [3.63, 3.8) is 0 Å². The quantitative estimate of drug-likeness (QED) is 0.610. The van der Waals surface area contributed by atoms with Crippen molar-refractivity contribution in [3.05, 3.63) is 89.5 Å². The normalized spacial score (nSPS) is 12.4. The smallest absolute Gasteiger partial charge is 0.349 e. The van der Waals surface area contributed by atoms with Crippen molar-refractivity contribution in [1.29, 1.82) is 0 Å². The van der Waals surface area contributed by atoms with E-state index in [1.807, 2.05) is 30.3 Å². The molecule has 3 rings (SSSR count). The molecule has 0 aliphatic heterocycles. The Morgan fingerprint density at radius 2 is 1.46 bits per heavy atom. The lowest BCUT2D eigenvalue weighted by molar-refractivity contribution is -0.147. The molecule has 1 amide bonds. The van der Waals surface area contributed by atoms with E-state index < -0.39 is 17.7 Å². The van der Waals surface area contributed by atoms with Crippen LogP contribution in [-0.2, 0) is 10.7 Å². The van der Waals surface area contributed by atoms with Gasteiger partial charge in [-0.3, -0.25) is 4.79 Å². The minimum absolute atomic E-state index is 0.0475. The average molecular weight is 382 g/mol. The second-order valence-corrected chi connectivity index (χ2v) is 6.36. The number of nitrogens with one attached hydrogen (secondary N) is 1. The van der Waals surface area contributed by atoms with Crippen molar-refractivity contribution < 1.29 is 13.6 Å². The molecule has 0 saturated heterocycles. The van der Waals surface area contributed by atoms with Crippen molar-refractivity contribution in [2.24, 2.45) is 0 Å². The van der Waals surface area contributed by atoms with Gasteiger partial charge in [0.1, 0.15) is 11.6 Å². The van der Waals surface area contributed by atoms with Gasteiger partial charge in [0.25, 0.3) is 5.91 Å². The molecule has 144 valence electrons. The van der Waals surface area contributed by atoms with Gasteiger partial charge >= 0.3 is 5.92 Å². The fourth-order valence-corrected chi connectivity index (χ4v) is 3.00. The maximum atomic E-state index is 14.5. The summed E-state index contributed by atoms with van der Waals surface area (Å²) in [5.41, 5.74) is 12.7. The molecule has 5 nitrogen and oxygen atoms in total. The predicted octanol–water partition coefficient (Wildman–Crippen LogP) is 3.29. The van der Waals surface area contributed by atoms with Crippen LogP contribution in [0.3, 0.4) is 0 Å². The number of carbonyl (C=O) groups excluding carboxylic acids is 1. The van der Waals surface area contributed by atoms with Crippen molar-refractivity contribution in [2.45, 2.75) is 11.8 Å². The molecule has 1 aromatic heterocycles. The Bertz CT molecular complexity index is 929. The molecule has 0 spiro atoms. The number of alkyl halides is 2. The number of hydrogen-bond acceptors (Lipinski definition) is 4. The third kappa shape index (κ3) is 4.25. The highest BCUT2D eigenvalue weighted by molar-refractivity contribution is 5.84. The summed E-state index contributed by atoms with van der Waals surface area (Å²) in [6.07, 6.45) is 0. The lowest BCUT2D eigenvalue weighted by Gasteiger charge is -2.22. The molecule has 2 aromatic carbocycles. The molecule has 1 atom stereocenters. The summed E-state index contributed by atoms with van der Waals surface area (Å²) in [5, 5.41) is 2.37. The Morgan fingerprint density at radius 3 is 2.04 bits per heavy atom. The molecule has 0 aliphatic rings. The van der Waals surface area contributed by atoms with Gasteiger partial charge < -0.3 is 16.8 Å². The molecule has 0 saturated carbocycles. The number of rotatable bonds is 6. The van der Waals surface area contributed by atoms with Crippen LogP contribution in [0.5, 0.6) is 0 Å². The van der Waals surface area contributed by atoms with Crippen LogP contribution in [0.25, 0.3) is 0 Å². The number of nitrogens with two attached hydrogens (primary N) is 2. The first-order chi connectivity index (χ1) is 13.4. The number of benzene rings is 2. The third-order valence-electron chi connectivity index (χ3n) is 4.38. The zero-order chi connectivity index (χ0) is 20.1. The van der Waals surface area contributed by atoms with E-state index in [9.17, 15) is 13.6 Å². The summed E-state index contributed by atoms with van der Waals surface area (Å²) in [5.74, 6) is -4.98. The Hall–Kier alpha value is -3.48. The molecule has 7 heteroatoms. The zero-order valence-corrected chi connectivity index (χ0v) is 15.0. The molecule has 0 bridgehead atoms. The van der Waals surface area contributed by atoms with E-state index in [0.717, 1.165) is 5.56 Å². The van der Waals surface area contributed by atoms with Crippen molar-refractivity contribution in [1.82, 2.24) is 10.3 Å². The third-order valence-corrected chi connectivity index (χ3v) is 4.38. The molecular weight excluding hydrogens is 362 g/mol. The van der Waals surface area contributed by atoms with E-state index in [4.69, 9.17) is 11.5 Å². The molecule has 1 heterocycles. The summed E-state index contributed by atoms with van der Waals surface area (Å²) in [7, 11) is 0.